The van der Waals surface area contributed by atoms with Crippen LogP contribution in [0, 0.1) is 12.8 Å². The van der Waals surface area contributed by atoms with E-state index in [2.05, 4.69) is 51.0 Å². The van der Waals surface area contributed by atoms with Crippen molar-refractivity contribution in [2.45, 2.75) is 40.1 Å². The first-order valence-corrected chi connectivity index (χ1v) is 13.3. The number of nitrogens with two attached hydrogens (primary N) is 1. The van der Waals surface area contributed by atoms with Gasteiger partial charge in [-0.1, -0.05) is 30.7 Å². The highest BCUT2D eigenvalue weighted by atomic mass is 35.5. The van der Waals surface area contributed by atoms with Crippen LogP contribution >= 0.6 is 11.6 Å². The number of aromatic nitrogens is 4. The van der Waals surface area contributed by atoms with Crippen molar-refractivity contribution in [3.8, 4) is 17.3 Å². The lowest BCUT2D eigenvalue weighted by molar-refractivity contribution is -0.274. The number of carbonyl (C=O) groups excluding carboxylic acids is 1. The number of nitrogens with zero attached hydrogens (tertiary/aromatic N) is 6. The van der Waals surface area contributed by atoms with Crippen LogP contribution in [0.5, 0.6) is 11.6 Å². The van der Waals surface area contributed by atoms with E-state index in [0.717, 1.165) is 11.2 Å². The maximum Gasteiger partial charge on any atom is 0.573 e. The monoisotopic (exact) mass is 596 g/mol. The van der Waals surface area contributed by atoms with Gasteiger partial charge in [-0.05, 0) is 25.8 Å². The summed E-state index contributed by atoms with van der Waals surface area (Å²) in [5, 5.41) is 10.4. The van der Waals surface area contributed by atoms with E-state index in [0.29, 0.717) is 36.8 Å². The van der Waals surface area contributed by atoms with Crippen LogP contribution in [-0.2, 0) is 0 Å². The zero-order valence-electron chi connectivity index (χ0n) is 23.3. The number of alkyl halides is 3. The van der Waals surface area contributed by atoms with Crippen LogP contribution in [-0.4, -0.2) is 76.5 Å². The number of methoxy groups -OCH3 is 1. The lowest BCUT2D eigenvalue weighted by atomic mass is 10.1. The molecule has 0 saturated carbocycles. The van der Waals surface area contributed by atoms with E-state index >= 15 is 0 Å². The van der Waals surface area contributed by atoms with Crippen molar-refractivity contribution in [2.75, 3.05) is 49.2 Å². The number of benzene rings is 1. The molecular formula is C26H32ClF3N8O3. The van der Waals surface area contributed by atoms with Crippen LogP contribution in [0.25, 0.3) is 5.69 Å². The van der Waals surface area contributed by atoms with E-state index in [-0.39, 0.29) is 39.7 Å². The fraction of sp³-hybridized carbons (Fsp3) is 0.462. The summed E-state index contributed by atoms with van der Waals surface area (Å²) < 4.78 is 51.2. The molecule has 3 heterocycles. The van der Waals surface area contributed by atoms with Crippen molar-refractivity contribution < 1.29 is 27.4 Å². The van der Waals surface area contributed by atoms with E-state index in [9.17, 15) is 18.0 Å². The van der Waals surface area contributed by atoms with Crippen molar-refractivity contribution in [3.63, 3.8) is 0 Å². The Morgan fingerprint density at radius 2 is 2.00 bits per heavy atom. The van der Waals surface area contributed by atoms with Gasteiger partial charge in [-0.15, -0.1) is 18.3 Å². The minimum Gasteiger partial charge on any atom is -0.481 e. The number of halogens is 4. The fourth-order valence-electron chi connectivity index (χ4n) is 4.78. The number of anilines is 3. The van der Waals surface area contributed by atoms with Gasteiger partial charge < -0.3 is 25.4 Å². The molecule has 1 aromatic carbocycles. The third kappa shape index (κ3) is 6.93. The molecule has 0 radical (unpaired) electrons. The molecule has 1 amide bonds. The molecule has 1 aliphatic rings. The third-order valence-electron chi connectivity index (χ3n) is 6.65. The Bertz CT molecular complexity index is 1420. The summed E-state index contributed by atoms with van der Waals surface area (Å²) in [6.07, 6.45) is -2.48. The second-order valence-electron chi connectivity index (χ2n) is 10.2. The number of hydrogen-bond donors (Lipinski definition) is 2. The minimum atomic E-state index is -4.99. The van der Waals surface area contributed by atoms with Crippen molar-refractivity contribution >= 4 is 34.7 Å². The van der Waals surface area contributed by atoms with E-state index in [1.165, 1.54) is 31.6 Å². The van der Waals surface area contributed by atoms with Gasteiger partial charge in [0.2, 0.25) is 5.88 Å². The Balaban J connectivity index is 1.80. The Hall–Kier alpha value is -3.78. The molecule has 0 spiro atoms. The van der Waals surface area contributed by atoms with Crippen LogP contribution in [0.15, 0.2) is 24.5 Å². The molecule has 2 aromatic heterocycles. The largest absolute Gasteiger partial charge is 0.573 e. The summed E-state index contributed by atoms with van der Waals surface area (Å²) in [6.45, 7) is 10.5. The average Bonchev–Trinajstić information content (AvgIpc) is 3.32. The fourth-order valence-corrected chi connectivity index (χ4v) is 5.00. The van der Waals surface area contributed by atoms with Crippen LogP contribution in [0.3, 0.4) is 0 Å². The maximum absolute atomic E-state index is 13.5. The van der Waals surface area contributed by atoms with Gasteiger partial charge in [-0.2, -0.15) is 0 Å². The molecular weight excluding hydrogens is 565 g/mol. The summed E-state index contributed by atoms with van der Waals surface area (Å²) >= 11 is 6.45. The molecule has 11 nitrogen and oxygen atoms in total. The van der Waals surface area contributed by atoms with Gasteiger partial charge in [0.1, 0.15) is 5.69 Å². The van der Waals surface area contributed by atoms with Crippen molar-refractivity contribution in [3.05, 3.63) is 40.7 Å². The number of amides is 1. The summed E-state index contributed by atoms with van der Waals surface area (Å²) in [7, 11) is 1.43. The van der Waals surface area contributed by atoms with Crippen LogP contribution in [0.1, 0.15) is 36.7 Å². The van der Waals surface area contributed by atoms with Gasteiger partial charge in [0.15, 0.2) is 11.6 Å². The third-order valence-corrected chi connectivity index (χ3v) is 7.14. The first kappa shape index (κ1) is 30.2. The summed E-state index contributed by atoms with van der Waals surface area (Å²) in [4.78, 5) is 21.8. The van der Waals surface area contributed by atoms with Crippen LogP contribution in [0.4, 0.5) is 30.4 Å². The Morgan fingerprint density at radius 1 is 1.27 bits per heavy atom. The molecule has 15 heteroatoms. The minimum absolute atomic E-state index is 0.0146. The zero-order valence-corrected chi connectivity index (χ0v) is 24.0. The molecule has 0 bridgehead atoms. The van der Waals surface area contributed by atoms with Crippen molar-refractivity contribution in [1.82, 2.24) is 24.9 Å². The van der Waals surface area contributed by atoms with Gasteiger partial charge in [0, 0.05) is 50.0 Å². The topological polar surface area (TPSA) is 124 Å². The number of nitrogens with one attached hydrogen (secondary N) is 1. The number of rotatable bonds is 8. The molecule has 1 aliphatic heterocycles. The molecule has 3 N–H and O–H groups in total. The second-order valence-corrected chi connectivity index (χ2v) is 10.6. The molecule has 41 heavy (non-hydrogen) atoms. The smallest absolute Gasteiger partial charge is 0.481 e. The summed E-state index contributed by atoms with van der Waals surface area (Å²) in [5.41, 5.74) is 6.62. The molecule has 4 rings (SSSR count). The molecule has 0 unspecified atom stereocenters. The predicted molar refractivity (Wildman–Crippen MR) is 149 cm³/mol. The Morgan fingerprint density at radius 3 is 2.59 bits per heavy atom. The summed E-state index contributed by atoms with van der Waals surface area (Å²) in [5.74, 6) is -0.451. The van der Waals surface area contributed by atoms with Gasteiger partial charge in [0.05, 0.1) is 35.3 Å². The quantitative estimate of drug-likeness (QED) is 0.386. The standard InChI is InChI=1S/C26H32ClF3N8O3/c1-14(2)11-36-6-7-37(12-15(36)3)19-9-21(41-26(28,29)30)20(38-13-22(31)34-35-38)8-18(19)33-24(39)17-10-32-25(40-5)16(4)23(17)27/h8-10,13-15H,6-7,11-12,31H2,1-5H3,(H,33,39)/t15-/m0/s1. The van der Waals surface area contributed by atoms with Gasteiger partial charge in [0.25, 0.3) is 5.91 Å². The normalized spacial score (nSPS) is 16.2. The molecule has 1 saturated heterocycles. The van der Waals surface area contributed by atoms with Crippen molar-refractivity contribution in [2.24, 2.45) is 5.92 Å². The number of hydrogen-bond acceptors (Lipinski definition) is 9. The first-order valence-electron chi connectivity index (χ1n) is 12.9. The lowest BCUT2D eigenvalue weighted by Gasteiger charge is -2.42. The lowest BCUT2D eigenvalue weighted by Crippen LogP contribution is -2.53. The Labute approximate surface area is 240 Å². The zero-order chi connectivity index (χ0) is 30.1. The number of nitrogen functional groups attached to an aromatic ring is 1. The second kappa shape index (κ2) is 12.0. The number of piperazine rings is 1. The number of carbonyl (C=O) groups is 1. The highest BCUT2D eigenvalue weighted by molar-refractivity contribution is 6.35. The molecule has 1 fully saturated rings. The molecule has 1 atom stereocenters. The molecule has 3 aromatic rings. The SMILES string of the molecule is COc1ncc(C(=O)Nc2cc(-n3cc(N)nn3)c(OC(F)(F)F)cc2N2CCN(CC(C)C)[C@@H](C)C2)c(Cl)c1C. The van der Waals surface area contributed by atoms with Crippen molar-refractivity contribution in [1.29, 1.82) is 0 Å². The van der Waals surface area contributed by atoms with Gasteiger partial charge in [-0.3, -0.25) is 9.69 Å². The first-order chi connectivity index (χ1) is 19.3. The van der Waals surface area contributed by atoms with E-state index in [4.69, 9.17) is 22.1 Å². The van der Waals surface area contributed by atoms with Gasteiger partial charge >= 0.3 is 6.36 Å². The van der Waals surface area contributed by atoms with Crippen LogP contribution < -0.4 is 25.4 Å². The number of ether oxygens (including phenoxy) is 2. The van der Waals surface area contributed by atoms with E-state index in [1.807, 2.05) is 4.90 Å². The maximum atomic E-state index is 13.5. The predicted octanol–water partition coefficient (Wildman–Crippen LogP) is 4.53. The van der Waals surface area contributed by atoms with Gasteiger partial charge in [-0.25, -0.2) is 9.67 Å². The Kier molecular flexibility index (Phi) is 8.83. The average molecular weight is 597 g/mol. The molecule has 0 aliphatic carbocycles. The van der Waals surface area contributed by atoms with E-state index in [1.54, 1.807) is 6.92 Å². The molecule has 222 valence electrons. The van der Waals surface area contributed by atoms with Crippen LogP contribution in [0.2, 0.25) is 5.02 Å². The highest BCUT2D eigenvalue weighted by Crippen LogP contribution is 2.40. The highest BCUT2D eigenvalue weighted by Gasteiger charge is 2.34. The van der Waals surface area contributed by atoms with E-state index < -0.39 is 18.0 Å². The summed E-state index contributed by atoms with van der Waals surface area (Å²) in [6, 6.07) is 2.67. The number of pyridine rings is 1.